The van der Waals surface area contributed by atoms with Crippen molar-refractivity contribution < 1.29 is 5.11 Å². The number of hydrogen-bond acceptors (Lipinski definition) is 1. The SMILES string of the molecule is CC(C)=C(C)CC[C@@H](C)[C@@H]1CC[C@@H]2[C@@H]3CC=C4C[C@H](O)CC[C@@]4(C)[C@H]3CC[C@]21C. The van der Waals surface area contributed by atoms with E-state index in [0.29, 0.717) is 10.8 Å². The van der Waals surface area contributed by atoms with E-state index in [1.54, 1.807) is 11.1 Å². The molecule has 4 rings (SSSR count). The Kier molecular flexibility index (Phi) is 5.86. The molecule has 8 atom stereocenters. The van der Waals surface area contributed by atoms with Gasteiger partial charge in [-0.3, -0.25) is 0 Å². The molecule has 0 saturated heterocycles. The molecule has 1 N–H and O–H groups in total. The van der Waals surface area contributed by atoms with Crippen LogP contribution >= 0.6 is 0 Å². The van der Waals surface area contributed by atoms with Gasteiger partial charge in [0.1, 0.15) is 0 Å². The lowest BCUT2D eigenvalue weighted by atomic mass is 9.47. The smallest absolute Gasteiger partial charge is 0.0577 e. The van der Waals surface area contributed by atoms with Gasteiger partial charge in [-0.2, -0.15) is 0 Å². The number of fused-ring (bicyclic) bond motifs is 5. The van der Waals surface area contributed by atoms with Gasteiger partial charge in [0.15, 0.2) is 0 Å². The Balaban J connectivity index is 1.51. The summed E-state index contributed by atoms with van der Waals surface area (Å²) in [6.45, 7) is 14.7. The molecule has 0 spiro atoms. The molecule has 0 radical (unpaired) electrons. The maximum Gasteiger partial charge on any atom is 0.0577 e. The molecule has 3 saturated carbocycles. The molecule has 0 bridgehead atoms. The number of aliphatic hydroxyl groups is 1. The minimum Gasteiger partial charge on any atom is -0.393 e. The van der Waals surface area contributed by atoms with Gasteiger partial charge in [-0.15, -0.1) is 0 Å². The van der Waals surface area contributed by atoms with Crippen LogP contribution in [-0.2, 0) is 0 Å². The Hall–Kier alpha value is -0.560. The third kappa shape index (κ3) is 3.58. The van der Waals surface area contributed by atoms with Crippen molar-refractivity contribution in [3.8, 4) is 0 Å². The van der Waals surface area contributed by atoms with Gasteiger partial charge in [0.05, 0.1) is 6.10 Å². The predicted molar refractivity (Wildman–Crippen MR) is 124 cm³/mol. The Morgan fingerprint density at radius 1 is 1.07 bits per heavy atom. The van der Waals surface area contributed by atoms with Crippen molar-refractivity contribution in [2.75, 3.05) is 0 Å². The van der Waals surface area contributed by atoms with Crippen molar-refractivity contribution in [1.29, 1.82) is 0 Å². The summed E-state index contributed by atoms with van der Waals surface area (Å²) in [5.41, 5.74) is 5.69. The Morgan fingerprint density at radius 3 is 2.55 bits per heavy atom. The van der Waals surface area contributed by atoms with Crippen molar-refractivity contribution >= 4 is 0 Å². The van der Waals surface area contributed by atoms with Crippen LogP contribution in [-0.4, -0.2) is 11.2 Å². The molecular formula is C28H46O. The lowest BCUT2D eigenvalue weighted by Gasteiger charge is -2.58. The van der Waals surface area contributed by atoms with E-state index in [9.17, 15) is 5.11 Å². The molecule has 0 aliphatic heterocycles. The van der Waals surface area contributed by atoms with E-state index < -0.39 is 0 Å². The number of allylic oxidation sites excluding steroid dienone is 3. The second-order valence-corrected chi connectivity index (χ2v) is 12.2. The van der Waals surface area contributed by atoms with Crippen LogP contribution in [0.5, 0.6) is 0 Å². The molecule has 0 unspecified atom stereocenters. The van der Waals surface area contributed by atoms with E-state index in [1.165, 1.54) is 56.9 Å². The lowest BCUT2D eigenvalue weighted by Crippen LogP contribution is -2.50. The maximum atomic E-state index is 10.2. The molecule has 164 valence electrons. The summed E-state index contributed by atoms with van der Waals surface area (Å²) in [6, 6.07) is 0. The van der Waals surface area contributed by atoms with Crippen molar-refractivity contribution in [2.24, 2.45) is 40.4 Å². The first kappa shape index (κ1) is 21.7. The fourth-order valence-electron chi connectivity index (χ4n) is 8.51. The van der Waals surface area contributed by atoms with E-state index >= 15 is 0 Å². The fourth-order valence-corrected chi connectivity index (χ4v) is 8.51. The van der Waals surface area contributed by atoms with Crippen LogP contribution < -0.4 is 0 Å². The van der Waals surface area contributed by atoms with Crippen molar-refractivity contribution in [3.05, 3.63) is 22.8 Å². The second-order valence-electron chi connectivity index (χ2n) is 12.2. The molecule has 4 aliphatic rings. The normalized spacial score (nSPS) is 44.9. The highest BCUT2D eigenvalue weighted by Gasteiger charge is 2.59. The molecule has 29 heavy (non-hydrogen) atoms. The summed E-state index contributed by atoms with van der Waals surface area (Å²) in [5.74, 6) is 4.47. The predicted octanol–water partition coefficient (Wildman–Crippen LogP) is 7.70. The van der Waals surface area contributed by atoms with E-state index in [0.717, 1.165) is 42.4 Å². The molecule has 0 aromatic heterocycles. The van der Waals surface area contributed by atoms with Gasteiger partial charge in [0.2, 0.25) is 0 Å². The van der Waals surface area contributed by atoms with Crippen LogP contribution in [0.3, 0.4) is 0 Å². The first-order chi connectivity index (χ1) is 13.7. The highest BCUT2D eigenvalue weighted by Crippen LogP contribution is 2.67. The van der Waals surface area contributed by atoms with Gasteiger partial charge in [-0.05, 0) is 125 Å². The summed E-state index contributed by atoms with van der Waals surface area (Å²) in [6.07, 6.45) is 15.4. The minimum absolute atomic E-state index is 0.0827. The van der Waals surface area contributed by atoms with Gasteiger partial charge in [-0.25, -0.2) is 0 Å². The molecule has 0 aromatic carbocycles. The van der Waals surface area contributed by atoms with Crippen molar-refractivity contribution in [3.63, 3.8) is 0 Å². The Labute approximate surface area is 180 Å². The number of rotatable bonds is 4. The van der Waals surface area contributed by atoms with Crippen LogP contribution in [0, 0.1) is 40.4 Å². The van der Waals surface area contributed by atoms with Crippen LogP contribution in [0.15, 0.2) is 22.8 Å². The summed E-state index contributed by atoms with van der Waals surface area (Å²) >= 11 is 0. The quantitative estimate of drug-likeness (QED) is 0.481. The van der Waals surface area contributed by atoms with Crippen LogP contribution in [0.1, 0.15) is 106 Å². The van der Waals surface area contributed by atoms with Crippen molar-refractivity contribution in [1.82, 2.24) is 0 Å². The molecular weight excluding hydrogens is 352 g/mol. The summed E-state index contributed by atoms with van der Waals surface area (Å²) < 4.78 is 0. The third-order valence-corrected chi connectivity index (χ3v) is 10.7. The van der Waals surface area contributed by atoms with Gasteiger partial charge in [-0.1, -0.05) is 43.6 Å². The van der Waals surface area contributed by atoms with Crippen LogP contribution in [0.25, 0.3) is 0 Å². The summed E-state index contributed by atoms with van der Waals surface area (Å²) in [4.78, 5) is 0. The average Bonchev–Trinajstić information content (AvgIpc) is 3.03. The number of hydrogen-bond donors (Lipinski definition) is 1. The molecule has 0 amide bonds. The second kappa shape index (κ2) is 7.85. The summed E-state index contributed by atoms with van der Waals surface area (Å²) in [7, 11) is 0. The largest absolute Gasteiger partial charge is 0.393 e. The van der Waals surface area contributed by atoms with Gasteiger partial charge in [0, 0.05) is 0 Å². The zero-order valence-corrected chi connectivity index (χ0v) is 20.1. The zero-order valence-electron chi connectivity index (χ0n) is 20.1. The van der Waals surface area contributed by atoms with Crippen LogP contribution in [0.4, 0.5) is 0 Å². The van der Waals surface area contributed by atoms with Crippen LogP contribution in [0.2, 0.25) is 0 Å². The molecule has 1 heteroatoms. The monoisotopic (exact) mass is 398 g/mol. The average molecular weight is 399 g/mol. The van der Waals surface area contributed by atoms with E-state index in [4.69, 9.17) is 0 Å². The molecule has 4 aliphatic carbocycles. The molecule has 1 nitrogen and oxygen atoms in total. The maximum absolute atomic E-state index is 10.2. The van der Waals surface area contributed by atoms with E-state index in [1.807, 2.05) is 0 Å². The lowest BCUT2D eigenvalue weighted by molar-refractivity contribution is -0.0571. The molecule has 3 fully saturated rings. The standard InChI is InChI=1S/C28H46O/c1-18(2)19(3)7-8-20(4)24-11-12-25-23-10-9-21-17-22(29)13-15-27(21,5)26(23)14-16-28(24,25)6/h9,20,22-26,29H,7-8,10-17H2,1-6H3/t20-,22-,23+,24+,25-,26+,27-,28+/m1/s1. The Morgan fingerprint density at radius 2 is 1.83 bits per heavy atom. The molecule has 0 aromatic rings. The summed E-state index contributed by atoms with van der Waals surface area (Å²) in [5, 5.41) is 10.2. The first-order valence-corrected chi connectivity index (χ1v) is 12.7. The van der Waals surface area contributed by atoms with E-state index in [2.05, 4.69) is 47.6 Å². The number of aliphatic hydroxyl groups excluding tert-OH is 1. The minimum atomic E-state index is -0.0827. The highest BCUT2D eigenvalue weighted by atomic mass is 16.3. The fraction of sp³-hybridized carbons (Fsp3) is 0.857. The van der Waals surface area contributed by atoms with Gasteiger partial charge < -0.3 is 5.11 Å². The van der Waals surface area contributed by atoms with E-state index in [-0.39, 0.29) is 6.10 Å². The molecule has 0 heterocycles. The van der Waals surface area contributed by atoms with Crippen molar-refractivity contribution in [2.45, 2.75) is 112 Å². The highest BCUT2D eigenvalue weighted by molar-refractivity contribution is 5.25. The first-order valence-electron chi connectivity index (χ1n) is 12.7. The Bertz CT molecular complexity index is 682. The van der Waals surface area contributed by atoms with Gasteiger partial charge in [0.25, 0.3) is 0 Å². The van der Waals surface area contributed by atoms with Gasteiger partial charge >= 0.3 is 0 Å². The zero-order chi connectivity index (χ0) is 21.0. The third-order valence-electron chi connectivity index (χ3n) is 10.7. The topological polar surface area (TPSA) is 20.2 Å².